The first-order valence-corrected chi connectivity index (χ1v) is 11.0. The van der Waals surface area contributed by atoms with E-state index in [9.17, 15) is 15.2 Å². The summed E-state index contributed by atoms with van der Waals surface area (Å²) in [5, 5.41) is 31.8. The van der Waals surface area contributed by atoms with Crippen LogP contribution in [0.25, 0.3) is 0 Å². The van der Waals surface area contributed by atoms with Crippen LogP contribution in [0.15, 0.2) is 36.4 Å². The minimum Gasteiger partial charge on any atom is -0.496 e. The molecule has 8 heteroatoms. The lowest BCUT2D eigenvalue weighted by Gasteiger charge is -2.28. The van der Waals surface area contributed by atoms with Crippen LogP contribution in [-0.2, 0) is 17.6 Å². The molecule has 0 saturated carbocycles. The first-order valence-electron chi connectivity index (χ1n) is 11.0. The summed E-state index contributed by atoms with van der Waals surface area (Å²) >= 11 is 0. The van der Waals surface area contributed by atoms with Gasteiger partial charge in [0.15, 0.2) is 11.4 Å². The number of methoxy groups -OCH3 is 1. The first kappa shape index (κ1) is 26.1. The molecular formula is C25H33N3O5. The van der Waals surface area contributed by atoms with Gasteiger partial charge in [-0.1, -0.05) is 18.2 Å². The molecule has 1 aromatic carbocycles. The number of carboxylic acid groups (broad SMARTS) is 1. The number of aryl methyl sites for hydroxylation is 2. The number of rotatable bonds is 14. The Kier molecular flexibility index (Phi) is 10.1. The molecule has 0 radical (unpaired) electrons. The summed E-state index contributed by atoms with van der Waals surface area (Å²) in [5.74, 6) is 0.248. The lowest BCUT2D eigenvalue weighted by molar-refractivity contribution is -0.136. The van der Waals surface area contributed by atoms with Gasteiger partial charge >= 0.3 is 5.97 Å². The average Bonchev–Trinajstić information content (AvgIpc) is 2.80. The Bertz CT molecular complexity index is 955. The normalized spacial score (nSPS) is 12.1. The van der Waals surface area contributed by atoms with Gasteiger partial charge in [-0.3, -0.25) is 4.79 Å². The maximum atomic E-state index is 10.7. The maximum absolute atomic E-state index is 10.7. The third-order valence-electron chi connectivity index (χ3n) is 5.30. The van der Waals surface area contributed by atoms with Crippen LogP contribution in [0.3, 0.4) is 0 Å². The van der Waals surface area contributed by atoms with Crippen molar-refractivity contribution < 1.29 is 24.5 Å². The van der Waals surface area contributed by atoms with Crippen LogP contribution in [0.1, 0.15) is 50.1 Å². The molecule has 1 aromatic heterocycles. The fourth-order valence-corrected chi connectivity index (χ4v) is 3.42. The predicted molar refractivity (Wildman–Crippen MR) is 124 cm³/mol. The van der Waals surface area contributed by atoms with Crippen LogP contribution in [0.4, 0.5) is 0 Å². The molecule has 8 nitrogen and oxygen atoms in total. The van der Waals surface area contributed by atoms with E-state index < -0.39 is 12.1 Å². The van der Waals surface area contributed by atoms with Crippen molar-refractivity contribution in [1.29, 1.82) is 5.26 Å². The number of carbonyl (C=O) groups is 1. The second-order valence-corrected chi connectivity index (χ2v) is 8.55. The van der Waals surface area contributed by atoms with E-state index >= 15 is 0 Å². The zero-order valence-corrected chi connectivity index (χ0v) is 19.5. The first-order chi connectivity index (χ1) is 15.7. The molecule has 2 aromatic rings. The summed E-state index contributed by atoms with van der Waals surface area (Å²) in [6, 6.07) is 13.2. The van der Waals surface area contributed by atoms with E-state index in [2.05, 4.69) is 30.2 Å². The maximum Gasteiger partial charge on any atom is 0.303 e. The number of ether oxygens (including phenoxy) is 2. The van der Waals surface area contributed by atoms with E-state index in [0.717, 1.165) is 25.0 Å². The van der Waals surface area contributed by atoms with Gasteiger partial charge < -0.3 is 25.0 Å². The lowest BCUT2D eigenvalue weighted by Crippen LogP contribution is -2.44. The fourth-order valence-electron chi connectivity index (χ4n) is 3.42. The van der Waals surface area contributed by atoms with E-state index in [4.69, 9.17) is 14.6 Å². The second kappa shape index (κ2) is 12.8. The molecule has 0 saturated heterocycles. The van der Waals surface area contributed by atoms with Gasteiger partial charge in [0.25, 0.3) is 0 Å². The van der Waals surface area contributed by atoms with E-state index in [1.807, 2.05) is 24.3 Å². The minimum atomic E-state index is -0.922. The van der Waals surface area contributed by atoms with Crippen LogP contribution in [0, 0.1) is 11.3 Å². The van der Waals surface area contributed by atoms with Crippen LogP contribution in [0.2, 0.25) is 0 Å². The van der Waals surface area contributed by atoms with E-state index in [1.165, 1.54) is 5.56 Å². The van der Waals surface area contributed by atoms with Crippen molar-refractivity contribution in [3.05, 3.63) is 53.3 Å². The van der Waals surface area contributed by atoms with Crippen molar-refractivity contribution in [2.45, 2.75) is 57.6 Å². The second-order valence-electron chi connectivity index (χ2n) is 8.55. The number of β-amino-alcohol motifs (C(OH)–C–C–N with tert-alkyl or cyclic N) is 1. The Morgan fingerprint density at radius 1 is 1.21 bits per heavy atom. The van der Waals surface area contributed by atoms with E-state index in [1.54, 1.807) is 19.2 Å². The number of nitriles is 1. The topological polar surface area (TPSA) is 125 Å². The number of aliphatic carboxylic acids is 1. The molecule has 0 amide bonds. The predicted octanol–water partition coefficient (Wildman–Crippen LogP) is 3.11. The quantitative estimate of drug-likeness (QED) is 0.397. The zero-order valence-electron chi connectivity index (χ0n) is 19.5. The van der Waals surface area contributed by atoms with Crippen LogP contribution >= 0.6 is 0 Å². The SMILES string of the molecule is COc1ccccc1CCCC(C)(C)NC[C@H](O)COc1ccc(CCC(=O)O)nc1C#N. The molecule has 3 N–H and O–H groups in total. The Balaban J connectivity index is 1.78. The number of hydrogen-bond acceptors (Lipinski definition) is 7. The highest BCUT2D eigenvalue weighted by Gasteiger charge is 2.19. The number of aliphatic hydroxyl groups excluding tert-OH is 1. The summed E-state index contributed by atoms with van der Waals surface area (Å²) < 4.78 is 11.0. The molecule has 2 rings (SSSR count). The zero-order chi connectivity index (χ0) is 24.3. The molecule has 178 valence electrons. The fraction of sp³-hybridized carbons (Fsp3) is 0.480. The molecule has 33 heavy (non-hydrogen) atoms. The number of para-hydroxylation sites is 1. The van der Waals surface area contributed by atoms with Crippen molar-refractivity contribution in [3.8, 4) is 17.6 Å². The summed E-state index contributed by atoms with van der Waals surface area (Å²) in [6.07, 6.45) is 2.21. The van der Waals surface area contributed by atoms with Crippen molar-refractivity contribution in [1.82, 2.24) is 10.3 Å². The summed E-state index contributed by atoms with van der Waals surface area (Å²) in [4.78, 5) is 14.8. The lowest BCUT2D eigenvalue weighted by atomic mass is 9.95. The largest absolute Gasteiger partial charge is 0.496 e. The third kappa shape index (κ3) is 9.08. The monoisotopic (exact) mass is 455 g/mol. The standard InChI is InChI=1S/C25H33N3O5/c1-25(2,14-6-8-18-7-4-5-9-22(18)32-3)27-16-20(29)17-33-23-12-10-19(11-13-24(30)31)28-21(23)15-26/h4-5,7,9-10,12,20,27,29H,6,8,11,13-14,16-17H2,1-3H3,(H,30,31)/t20-/m0/s1. The molecule has 0 bridgehead atoms. The molecule has 0 aliphatic carbocycles. The number of aliphatic hydroxyl groups is 1. The summed E-state index contributed by atoms with van der Waals surface area (Å²) in [6.45, 7) is 4.54. The van der Waals surface area contributed by atoms with Crippen LogP contribution < -0.4 is 14.8 Å². The van der Waals surface area contributed by atoms with Crippen molar-refractivity contribution in [3.63, 3.8) is 0 Å². The third-order valence-corrected chi connectivity index (χ3v) is 5.30. The van der Waals surface area contributed by atoms with Gasteiger partial charge in [0, 0.05) is 24.2 Å². The molecule has 1 heterocycles. The molecule has 0 aliphatic rings. The highest BCUT2D eigenvalue weighted by molar-refractivity contribution is 5.67. The summed E-state index contributed by atoms with van der Waals surface area (Å²) in [7, 11) is 1.68. The van der Waals surface area contributed by atoms with Gasteiger partial charge in [-0.15, -0.1) is 0 Å². The smallest absolute Gasteiger partial charge is 0.303 e. The number of benzene rings is 1. The van der Waals surface area contributed by atoms with Gasteiger partial charge in [0.2, 0.25) is 0 Å². The van der Waals surface area contributed by atoms with Crippen LogP contribution in [0.5, 0.6) is 11.5 Å². The van der Waals surface area contributed by atoms with Gasteiger partial charge in [-0.05, 0) is 56.9 Å². The average molecular weight is 456 g/mol. The number of hydrogen-bond donors (Lipinski definition) is 3. The van der Waals surface area contributed by atoms with Crippen LogP contribution in [-0.4, -0.2) is 53.1 Å². The molecule has 0 unspecified atom stereocenters. The van der Waals surface area contributed by atoms with Gasteiger partial charge in [-0.25, -0.2) is 4.98 Å². The number of nitrogens with one attached hydrogen (secondary N) is 1. The highest BCUT2D eigenvalue weighted by atomic mass is 16.5. The molecular weight excluding hydrogens is 422 g/mol. The number of aromatic nitrogens is 1. The Morgan fingerprint density at radius 2 is 1.97 bits per heavy atom. The Labute approximate surface area is 195 Å². The highest BCUT2D eigenvalue weighted by Crippen LogP contribution is 2.22. The van der Waals surface area contributed by atoms with Crippen molar-refractivity contribution in [2.75, 3.05) is 20.3 Å². The molecule has 0 fully saturated rings. The molecule has 1 atom stereocenters. The van der Waals surface area contributed by atoms with Gasteiger partial charge in [-0.2, -0.15) is 5.26 Å². The van der Waals surface area contributed by atoms with Gasteiger partial charge in [0.05, 0.1) is 13.5 Å². The molecule has 0 aliphatic heterocycles. The Hall–Kier alpha value is -3.15. The van der Waals surface area contributed by atoms with E-state index in [0.29, 0.717) is 12.2 Å². The van der Waals surface area contributed by atoms with Crippen molar-refractivity contribution >= 4 is 5.97 Å². The minimum absolute atomic E-state index is 0.00905. The number of carboxylic acids is 1. The molecule has 0 spiro atoms. The summed E-state index contributed by atoms with van der Waals surface area (Å²) in [5.41, 5.74) is 1.60. The number of nitrogens with zero attached hydrogens (tertiary/aromatic N) is 2. The van der Waals surface area contributed by atoms with Gasteiger partial charge in [0.1, 0.15) is 24.5 Å². The number of pyridine rings is 1. The van der Waals surface area contributed by atoms with E-state index in [-0.39, 0.29) is 36.4 Å². The van der Waals surface area contributed by atoms with Crippen molar-refractivity contribution in [2.24, 2.45) is 0 Å². The Morgan fingerprint density at radius 3 is 2.67 bits per heavy atom.